The molecule has 206 valence electrons. The lowest BCUT2D eigenvalue weighted by Gasteiger charge is -2.34. The summed E-state index contributed by atoms with van der Waals surface area (Å²) in [5.41, 5.74) is 1.28. The number of aromatic nitrogens is 2. The maximum absolute atomic E-state index is 13.6. The van der Waals surface area contributed by atoms with E-state index in [4.69, 9.17) is 35.6 Å². The molecule has 2 aromatic rings. The summed E-state index contributed by atoms with van der Waals surface area (Å²) in [6, 6.07) is 5.43. The summed E-state index contributed by atoms with van der Waals surface area (Å²) in [6.07, 6.45) is 4.43. The van der Waals surface area contributed by atoms with Crippen LogP contribution in [-0.4, -0.2) is 70.0 Å². The van der Waals surface area contributed by atoms with Gasteiger partial charge >= 0.3 is 7.82 Å². The quantitative estimate of drug-likeness (QED) is 0.386. The summed E-state index contributed by atoms with van der Waals surface area (Å²) in [5, 5.41) is 3.82. The number of phosphoric acid groups is 1. The van der Waals surface area contributed by atoms with Gasteiger partial charge in [0.05, 0.1) is 18.2 Å². The third kappa shape index (κ3) is 6.24. The Bertz CT molecular complexity index is 1230. The van der Waals surface area contributed by atoms with Crippen LogP contribution in [0.2, 0.25) is 5.02 Å². The normalized spacial score (nSPS) is 24.6. The number of fused-ring (bicyclic) bond motifs is 1. The molecule has 11 nitrogen and oxygen atoms in total. The van der Waals surface area contributed by atoms with E-state index in [1.807, 2.05) is 12.1 Å². The molecular weight excluding hydrogens is 533 g/mol. The van der Waals surface area contributed by atoms with Crippen molar-refractivity contribution in [1.29, 1.82) is 0 Å². The van der Waals surface area contributed by atoms with Crippen LogP contribution in [0.15, 0.2) is 24.4 Å². The van der Waals surface area contributed by atoms with Gasteiger partial charge in [0, 0.05) is 38.9 Å². The molecule has 1 aromatic carbocycles. The Balaban J connectivity index is 1.31. The number of carbonyl (C=O) groups excluding carboxylic acids is 1. The third-order valence-electron chi connectivity index (χ3n) is 7.74. The van der Waals surface area contributed by atoms with Crippen LogP contribution in [0, 0.1) is 11.8 Å². The number of anilines is 2. The number of phosphoric ester groups is 1. The molecule has 38 heavy (non-hydrogen) atoms. The zero-order valence-corrected chi connectivity index (χ0v) is 23.1. The topological polar surface area (TPSA) is 137 Å². The van der Waals surface area contributed by atoms with Gasteiger partial charge in [0.15, 0.2) is 0 Å². The number of piperidine rings is 1. The number of hydrogen-bond acceptors (Lipinski definition) is 8. The Hall–Kier alpha value is -2.43. The van der Waals surface area contributed by atoms with Gasteiger partial charge in [-0.25, -0.2) is 9.55 Å². The average Bonchev–Trinajstić information content (AvgIpc) is 3.50. The lowest BCUT2D eigenvalue weighted by atomic mass is 9.92. The summed E-state index contributed by atoms with van der Waals surface area (Å²) in [5.74, 6) is 2.88. The maximum Gasteiger partial charge on any atom is 0.469 e. The van der Waals surface area contributed by atoms with Crippen molar-refractivity contribution in [3.63, 3.8) is 0 Å². The van der Waals surface area contributed by atoms with Crippen molar-refractivity contribution in [2.45, 2.75) is 50.8 Å². The van der Waals surface area contributed by atoms with Crippen molar-refractivity contribution >= 4 is 37.1 Å². The average molecular weight is 566 g/mol. The van der Waals surface area contributed by atoms with Crippen LogP contribution >= 0.6 is 19.4 Å². The van der Waals surface area contributed by atoms with Crippen LogP contribution in [-0.2, 0) is 15.6 Å². The highest BCUT2D eigenvalue weighted by Crippen LogP contribution is 2.46. The molecule has 13 heteroatoms. The van der Waals surface area contributed by atoms with Gasteiger partial charge in [0.25, 0.3) is 5.91 Å². The number of amides is 1. The number of nitrogens with zero attached hydrogens (tertiary/aromatic N) is 4. The van der Waals surface area contributed by atoms with Gasteiger partial charge in [-0.05, 0) is 61.6 Å². The summed E-state index contributed by atoms with van der Waals surface area (Å²) in [4.78, 5) is 45.0. The SMILES string of the molecule is COc1ccc(CNc2nc(N3CC4CC4C3)ncc2C(=O)N(C)[C@H]2CC[C@H](OP(=O)(O)O)CC2)cc1Cl. The van der Waals surface area contributed by atoms with Gasteiger partial charge in [-0.3, -0.25) is 9.32 Å². The van der Waals surface area contributed by atoms with Gasteiger partial charge in [-0.15, -0.1) is 0 Å². The number of hydrogen-bond donors (Lipinski definition) is 3. The molecule has 0 spiro atoms. The number of ether oxygens (including phenoxy) is 1. The van der Waals surface area contributed by atoms with E-state index >= 15 is 0 Å². The minimum Gasteiger partial charge on any atom is -0.495 e. The Morgan fingerprint density at radius 2 is 1.95 bits per heavy atom. The fraction of sp³-hybridized carbons (Fsp3) is 0.560. The molecule has 1 aliphatic heterocycles. The van der Waals surface area contributed by atoms with Crippen molar-refractivity contribution in [1.82, 2.24) is 14.9 Å². The number of carbonyl (C=O) groups is 1. The number of methoxy groups -OCH3 is 1. The van der Waals surface area contributed by atoms with Crippen LogP contribution < -0.4 is 15.0 Å². The van der Waals surface area contributed by atoms with E-state index in [2.05, 4.69) is 15.2 Å². The zero-order chi connectivity index (χ0) is 27.0. The second-order valence-electron chi connectivity index (χ2n) is 10.4. The second-order valence-corrected chi connectivity index (χ2v) is 12.0. The van der Waals surface area contributed by atoms with E-state index in [1.165, 1.54) is 6.42 Å². The summed E-state index contributed by atoms with van der Waals surface area (Å²) >= 11 is 6.30. The van der Waals surface area contributed by atoms with E-state index in [0.717, 1.165) is 18.7 Å². The summed E-state index contributed by atoms with van der Waals surface area (Å²) < 4.78 is 21.3. The first-order chi connectivity index (χ1) is 18.1. The molecule has 2 saturated carbocycles. The molecule has 2 heterocycles. The smallest absolute Gasteiger partial charge is 0.469 e. The minimum atomic E-state index is -4.53. The van der Waals surface area contributed by atoms with Gasteiger partial charge < -0.3 is 29.6 Å². The van der Waals surface area contributed by atoms with Crippen LogP contribution in [0.4, 0.5) is 11.8 Å². The molecule has 0 bridgehead atoms. The fourth-order valence-electron chi connectivity index (χ4n) is 5.47. The van der Waals surface area contributed by atoms with Crippen LogP contribution in [0.1, 0.15) is 48.0 Å². The van der Waals surface area contributed by atoms with Gasteiger partial charge in [-0.2, -0.15) is 4.98 Å². The number of nitrogens with one attached hydrogen (secondary N) is 1. The number of benzene rings is 1. The molecule has 2 atom stereocenters. The highest BCUT2D eigenvalue weighted by molar-refractivity contribution is 7.46. The number of rotatable bonds is 9. The largest absolute Gasteiger partial charge is 0.495 e. The molecule has 2 aliphatic carbocycles. The van der Waals surface area contributed by atoms with Gasteiger partial charge in [0.2, 0.25) is 5.95 Å². The molecule has 5 rings (SSSR count). The molecule has 3 N–H and O–H groups in total. The first-order valence-electron chi connectivity index (χ1n) is 12.8. The third-order valence-corrected chi connectivity index (χ3v) is 8.61. The fourth-order valence-corrected chi connectivity index (χ4v) is 6.35. The van der Waals surface area contributed by atoms with Gasteiger partial charge in [0.1, 0.15) is 17.1 Å². The molecule has 3 aliphatic rings. The maximum atomic E-state index is 13.6. The highest BCUT2D eigenvalue weighted by Gasteiger charge is 2.46. The lowest BCUT2D eigenvalue weighted by Crippen LogP contribution is -2.41. The predicted octanol–water partition coefficient (Wildman–Crippen LogP) is 3.70. The van der Waals surface area contributed by atoms with E-state index in [-0.39, 0.29) is 11.9 Å². The van der Waals surface area contributed by atoms with Crippen LogP contribution in [0.25, 0.3) is 0 Å². The Morgan fingerprint density at radius 3 is 2.58 bits per heavy atom. The number of halogens is 1. The van der Waals surface area contributed by atoms with Crippen molar-refractivity contribution in [3.05, 3.63) is 40.5 Å². The summed E-state index contributed by atoms with van der Waals surface area (Å²) in [6.45, 7) is 2.27. The molecular formula is C25H33ClN5O6P. The lowest BCUT2D eigenvalue weighted by molar-refractivity contribution is 0.0541. The van der Waals surface area contributed by atoms with Crippen molar-refractivity contribution in [2.24, 2.45) is 11.8 Å². The molecule has 1 saturated heterocycles. The molecule has 3 fully saturated rings. The van der Waals surface area contributed by atoms with Crippen LogP contribution in [0.3, 0.4) is 0 Å². The van der Waals surface area contributed by atoms with E-state index in [1.54, 1.807) is 31.3 Å². The van der Waals surface area contributed by atoms with E-state index in [0.29, 0.717) is 72.2 Å². The van der Waals surface area contributed by atoms with Gasteiger partial charge in [-0.1, -0.05) is 17.7 Å². The first kappa shape index (κ1) is 27.1. The Labute approximate surface area is 226 Å². The standard InChI is InChI=1S/C25H33ClN5O6P/c1-30(18-4-6-19(7-5-18)37-38(33,34)35)24(32)20-12-28-25(31-13-16-10-17(16)14-31)29-23(20)27-11-15-3-8-22(36-2)21(26)9-15/h3,8-9,12,16-19H,4-7,10-11,13-14H2,1-2H3,(H,27,28,29)(H2,33,34,35)/t16?,17?,18-,19-. The molecule has 0 radical (unpaired) electrons. The van der Waals surface area contributed by atoms with Crippen molar-refractivity contribution in [3.8, 4) is 5.75 Å². The molecule has 1 aromatic heterocycles. The van der Waals surface area contributed by atoms with E-state index < -0.39 is 13.9 Å². The summed E-state index contributed by atoms with van der Waals surface area (Å²) in [7, 11) is -1.22. The van der Waals surface area contributed by atoms with E-state index in [9.17, 15) is 9.36 Å². The Kier molecular flexibility index (Phi) is 7.84. The molecule has 1 amide bonds. The minimum absolute atomic E-state index is 0.0854. The van der Waals surface area contributed by atoms with Crippen molar-refractivity contribution in [2.75, 3.05) is 37.5 Å². The predicted molar refractivity (Wildman–Crippen MR) is 142 cm³/mol. The monoisotopic (exact) mass is 565 g/mol. The second kappa shape index (κ2) is 11.0. The molecule has 2 unspecified atom stereocenters. The van der Waals surface area contributed by atoms with Crippen molar-refractivity contribution < 1.29 is 28.4 Å². The van der Waals surface area contributed by atoms with Crippen LogP contribution in [0.5, 0.6) is 5.75 Å². The zero-order valence-electron chi connectivity index (χ0n) is 21.4. The highest BCUT2D eigenvalue weighted by atomic mass is 35.5. The Morgan fingerprint density at radius 1 is 1.24 bits per heavy atom. The first-order valence-corrected chi connectivity index (χ1v) is 14.7.